The molecule has 1 saturated heterocycles. The van der Waals surface area contributed by atoms with E-state index in [0.717, 1.165) is 19.4 Å². The zero-order valence-electron chi connectivity index (χ0n) is 16.6. The molecule has 1 aliphatic heterocycles. The Kier molecular flexibility index (Phi) is 7.08. The highest BCUT2D eigenvalue weighted by molar-refractivity contribution is 5.96. The Morgan fingerprint density at radius 3 is 2.41 bits per heavy atom. The van der Waals surface area contributed by atoms with E-state index in [4.69, 9.17) is 14.2 Å². The van der Waals surface area contributed by atoms with Crippen LogP contribution >= 0.6 is 0 Å². The van der Waals surface area contributed by atoms with Crippen LogP contribution in [0.25, 0.3) is 0 Å². The zero-order chi connectivity index (χ0) is 20.6. The number of ether oxygens (including phenoxy) is 3. The number of amides is 2. The number of methoxy groups -OCH3 is 1. The maximum absolute atomic E-state index is 12.4. The molecule has 2 N–H and O–H groups in total. The summed E-state index contributed by atoms with van der Waals surface area (Å²) in [6.07, 6.45) is 1.43. The molecule has 0 aromatic heterocycles. The zero-order valence-corrected chi connectivity index (χ0v) is 16.6. The maximum Gasteiger partial charge on any atom is 0.265 e. The van der Waals surface area contributed by atoms with E-state index in [0.29, 0.717) is 29.3 Å². The molecule has 0 bridgehead atoms. The fourth-order valence-corrected chi connectivity index (χ4v) is 2.97. The predicted octanol–water partition coefficient (Wildman–Crippen LogP) is 3.01. The number of hydrogen-bond acceptors (Lipinski definition) is 5. The van der Waals surface area contributed by atoms with Gasteiger partial charge in [-0.1, -0.05) is 0 Å². The lowest BCUT2D eigenvalue weighted by Gasteiger charge is -2.15. The third-order valence-corrected chi connectivity index (χ3v) is 4.67. The van der Waals surface area contributed by atoms with Crippen molar-refractivity contribution in [3.05, 3.63) is 54.1 Å². The molecule has 2 amide bonds. The van der Waals surface area contributed by atoms with Gasteiger partial charge in [0.1, 0.15) is 11.5 Å². The van der Waals surface area contributed by atoms with Crippen LogP contribution in [0.2, 0.25) is 0 Å². The van der Waals surface area contributed by atoms with Crippen molar-refractivity contribution in [1.29, 1.82) is 0 Å². The molecular formula is C22H26N2O5. The van der Waals surface area contributed by atoms with Gasteiger partial charge < -0.3 is 24.8 Å². The standard InChI is InChI=1S/C22H26N2O5/c1-15(29-19-11-9-18(27-2)10-12-19)21(25)24-17-7-5-16(6-8-17)22(26)23-14-20-4-3-13-28-20/h5-12,15,20H,3-4,13-14H2,1-2H3,(H,23,26)(H,24,25). The number of anilines is 1. The fraction of sp³-hybridized carbons (Fsp3) is 0.364. The first kappa shape index (κ1) is 20.7. The van der Waals surface area contributed by atoms with Gasteiger partial charge in [0, 0.05) is 24.4 Å². The molecule has 1 fully saturated rings. The summed E-state index contributed by atoms with van der Waals surface area (Å²) in [5.41, 5.74) is 1.12. The fourth-order valence-electron chi connectivity index (χ4n) is 2.97. The Hall–Kier alpha value is -3.06. The molecule has 0 aliphatic carbocycles. The highest BCUT2D eigenvalue weighted by Gasteiger charge is 2.17. The maximum atomic E-state index is 12.4. The van der Waals surface area contributed by atoms with Crippen molar-refractivity contribution in [3.63, 3.8) is 0 Å². The second-order valence-corrected chi connectivity index (χ2v) is 6.85. The summed E-state index contributed by atoms with van der Waals surface area (Å²) in [4.78, 5) is 24.6. The number of carbonyl (C=O) groups excluding carboxylic acids is 2. The number of benzene rings is 2. The van der Waals surface area contributed by atoms with Crippen molar-refractivity contribution < 1.29 is 23.8 Å². The minimum absolute atomic E-state index is 0.102. The van der Waals surface area contributed by atoms with E-state index < -0.39 is 6.10 Å². The summed E-state index contributed by atoms with van der Waals surface area (Å²) in [5.74, 6) is 0.854. The molecule has 2 unspecified atom stereocenters. The largest absolute Gasteiger partial charge is 0.497 e. The smallest absolute Gasteiger partial charge is 0.265 e. The van der Waals surface area contributed by atoms with E-state index in [2.05, 4.69) is 10.6 Å². The average molecular weight is 398 g/mol. The van der Waals surface area contributed by atoms with Crippen molar-refractivity contribution in [2.45, 2.75) is 32.0 Å². The molecule has 2 atom stereocenters. The van der Waals surface area contributed by atoms with Crippen LogP contribution in [0, 0.1) is 0 Å². The van der Waals surface area contributed by atoms with E-state index in [1.807, 2.05) is 0 Å². The summed E-state index contributed by atoms with van der Waals surface area (Å²) in [6.45, 7) is 2.94. The van der Waals surface area contributed by atoms with Crippen LogP contribution in [0.1, 0.15) is 30.1 Å². The van der Waals surface area contributed by atoms with Gasteiger partial charge in [0.25, 0.3) is 11.8 Å². The molecule has 1 aliphatic rings. The highest BCUT2D eigenvalue weighted by atomic mass is 16.5. The second-order valence-electron chi connectivity index (χ2n) is 6.85. The first-order chi connectivity index (χ1) is 14.0. The molecule has 1 heterocycles. The van der Waals surface area contributed by atoms with Crippen molar-refractivity contribution >= 4 is 17.5 Å². The molecule has 7 nitrogen and oxygen atoms in total. The van der Waals surface area contributed by atoms with Crippen molar-refractivity contribution in [2.75, 3.05) is 25.6 Å². The normalized spacial score (nSPS) is 16.7. The topological polar surface area (TPSA) is 85.9 Å². The average Bonchev–Trinajstić information content (AvgIpc) is 3.26. The predicted molar refractivity (Wildman–Crippen MR) is 109 cm³/mol. The second kappa shape index (κ2) is 9.93. The van der Waals surface area contributed by atoms with Gasteiger partial charge in [0.05, 0.1) is 13.2 Å². The lowest BCUT2D eigenvalue weighted by Crippen LogP contribution is -2.32. The Balaban J connectivity index is 1.48. The molecule has 2 aromatic rings. The van der Waals surface area contributed by atoms with Crippen molar-refractivity contribution in [1.82, 2.24) is 5.32 Å². The van der Waals surface area contributed by atoms with Gasteiger partial charge in [-0.2, -0.15) is 0 Å². The summed E-state index contributed by atoms with van der Waals surface area (Å²) < 4.78 is 16.2. The SMILES string of the molecule is COc1ccc(OC(C)C(=O)Nc2ccc(C(=O)NCC3CCCO3)cc2)cc1. The van der Waals surface area contributed by atoms with Crippen LogP contribution in [-0.2, 0) is 9.53 Å². The van der Waals surface area contributed by atoms with E-state index in [1.54, 1.807) is 62.6 Å². The van der Waals surface area contributed by atoms with Crippen LogP contribution in [0.5, 0.6) is 11.5 Å². The minimum Gasteiger partial charge on any atom is -0.497 e. The van der Waals surface area contributed by atoms with Crippen LogP contribution in [-0.4, -0.2) is 44.3 Å². The highest BCUT2D eigenvalue weighted by Crippen LogP contribution is 2.19. The third kappa shape index (κ3) is 5.96. The molecule has 2 aromatic carbocycles. The molecular weight excluding hydrogens is 372 g/mol. The lowest BCUT2D eigenvalue weighted by atomic mass is 10.1. The Morgan fingerprint density at radius 2 is 1.79 bits per heavy atom. The van der Waals surface area contributed by atoms with Gasteiger partial charge in [-0.3, -0.25) is 9.59 Å². The van der Waals surface area contributed by atoms with Crippen molar-refractivity contribution in [2.24, 2.45) is 0 Å². The third-order valence-electron chi connectivity index (χ3n) is 4.67. The summed E-state index contributed by atoms with van der Waals surface area (Å²) in [6, 6.07) is 13.8. The van der Waals surface area contributed by atoms with E-state index in [9.17, 15) is 9.59 Å². The molecule has 7 heteroatoms. The molecule has 0 saturated carbocycles. The Labute approximate surface area is 170 Å². The van der Waals surface area contributed by atoms with Gasteiger partial charge in [-0.15, -0.1) is 0 Å². The van der Waals surface area contributed by atoms with E-state index in [-0.39, 0.29) is 17.9 Å². The molecule has 0 radical (unpaired) electrons. The molecule has 0 spiro atoms. The Bertz CT molecular complexity index is 814. The lowest BCUT2D eigenvalue weighted by molar-refractivity contribution is -0.122. The minimum atomic E-state index is -0.683. The number of nitrogens with one attached hydrogen (secondary N) is 2. The number of carbonyl (C=O) groups is 2. The van der Waals surface area contributed by atoms with Gasteiger partial charge in [0.2, 0.25) is 0 Å². The van der Waals surface area contributed by atoms with Crippen molar-refractivity contribution in [3.8, 4) is 11.5 Å². The summed E-state index contributed by atoms with van der Waals surface area (Å²) >= 11 is 0. The molecule has 29 heavy (non-hydrogen) atoms. The van der Waals surface area contributed by atoms with Gasteiger partial charge in [-0.25, -0.2) is 0 Å². The van der Waals surface area contributed by atoms with Crippen LogP contribution in [0.3, 0.4) is 0 Å². The van der Waals surface area contributed by atoms with Crippen LogP contribution in [0.4, 0.5) is 5.69 Å². The van der Waals surface area contributed by atoms with Crippen LogP contribution < -0.4 is 20.1 Å². The summed E-state index contributed by atoms with van der Waals surface area (Å²) in [7, 11) is 1.59. The monoisotopic (exact) mass is 398 g/mol. The first-order valence-corrected chi connectivity index (χ1v) is 9.66. The van der Waals surface area contributed by atoms with E-state index >= 15 is 0 Å². The number of rotatable bonds is 8. The van der Waals surface area contributed by atoms with Gasteiger partial charge in [-0.05, 0) is 68.3 Å². The van der Waals surface area contributed by atoms with E-state index in [1.165, 1.54) is 0 Å². The number of hydrogen-bond donors (Lipinski definition) is 2. The molecule has 3 rings (SSSR count). The first-order valence-electron chi connectivity index (χ1n) is 9.66. The summed E-state index contributed by atoms with van der Waals surface area (Å²) in [5, 5.41) is 5.66. The van der Waals surface area contributed by atoms with Gasteiger partial charge in [0.15, 0.2) is 6.10 Å². The Morgan fingerprint density at radius 1 is 1.10 bits per heavy atom. The quantitative estimate of drug-likeness (QED) is 0.714. The van der Waals surface area contributed by atoms with Crippen LogP contribution in [0.15, 0.2) is 48.5 Å². The molecule has 154 valence electrons. The van der Waals surface area contributed by atoms with Gasteiger partial charge >= 0.3 is 0 Å².